The van der Waals surface area contributed by atoms with Crippen LogP contribution in [0.5, 0.6) is 0 Å². The van der Waals surface area contributed by atoms with Crippen LogP contribution in [0.15, 0.2) is 4.99 Å². The van der Waals surface area contributed by atoms with Crippen molar-refractivity contribution in [1.82, 2.24) is 14.9 Å². The summed E-state index contributed by atoms with van der Waals surface area (Å²) in [5, 5.41) is 2.68. The molecule has 33 heavy (non-hydrogen) atoms. The summed E-state index contributed by atoms with van der Waals surface area (Å²) in [6.45, 7) is 4.03. The van der Waals surface area contributed by atoms with Crippen molar-refractivity contribution in [3.63, 3.8) is 0 Å². The average molecular weight is 491 g/mol. The van der Waals surface area contributed by atoms with E-state index in [1.165, 1.54) is 20.8 Å². The van der Waals surface area contributed by atoms with Crippen molar-refractivity contribution in [2.75, 3.05) is 27.2 Å². The molecule has 0 bridgehead atoms. The number of aliphatic imine (C=N–C) groups is 1. The van der Waals surface area contributed by atoms with E-state index in [4.69, 9.17) is 18.9 Å². The lowest BCUT2D eigenvalue weighted by Gasteiger charge is -2.44. The molecule has 13 heteroatoms. The van der Waals surface area contributed by atoms with Gasteiger partial charge in [-0.25, -0.2) is 0 Å². The molecule has 0 aliphatic carbocycles. The van der Waals surface area contributed by atoms with Crippen LogP contribution in [0.1, 0.15) is 40.0 Å². The summed E-state index contributed by atoms with van der Waals surface area (Å²) < 4.78 is 25.0. The number of carbonyl (C=O) groups is 4. The lowest BCUT2D eigenvalue weighted by molar-refractivity contribution is -0.269. The molecule has 5 atom stereocenters. The van der Waals surface area contributed by atoms with Gasteiger partial charge in [0.05, 0.1) is 12.9 Å². The number of amides is 2. The molecule has 0 spiro atoms. The Hall–Kier alpha value is -2.38. The van der Waals surface area contributed by atoms with Crippen molar-refractivity contribution in [1.29, 1.82) is 0 Å². The first kappa shape index (κ1) is 28.7. The highest BCUT2D eigenvalue weighted by Gasteiger charge is 2.50. The lowest BCUT2D eigenvalue weighted by atomic mass is 9.95. The number of hydrogen-bond acceptors (Lipinski definition) is 10. The Balaban J connectivity index is 3.10. The van der Waals surface area contributed by atoms with Crippen LogP contribution in [-0.2, 0) is 38.1 Å². The van der Waals surface area contributed by atoms with Crippen LogP contribution >= 0.6 is 12.8 Å². The van der Waals surface area contributed by atoms with Crippen molar-refractivity contribution >= 4 is 42.9 Å². The molecule has 1 heterocycles. The van der Waals surface area contributed by atoms with E-state index in [2.05, 4.69) is 27.8 Å². The van der Waals surface area contributed by atoms with Crippen molar-refractivity contribution in [3.05, 3.63) is 0 Å². The molecule has 1 fully saturated rings. The van der Waals surface area contributed by atoms with E-state index in [0.717, 1.165) is 0 Å². The fourth-order valence-electron chi connectivity index (χ4n) is 3.20. The van der Waals surface area contributed by atoms with Gasteiger partial charge in [0, 0.05) is 47.9 Å². The molecule has 1 aliphatic heterocycles. The first-order valence-corrected chi connectivity index (χ1v) is 11.0. The summed E-state index contributed by atoms with van der Waals surface area (Å²) >= 11 is 3.70. The third kappa shape index (κ3) is 10.9. The molecule has 2 amide bonds. The normalized spacial score (nSPS) is 24.7. The molecule has 1 saturated heterocycles. The number of nitrogens with one attached hydrogen (secondary N) is 2. The summed E-state index contributed by atoms with van der Waals surface area (Å²) in [6.07, 6.45) is -0.989. The molecule has 12 nitrogen and oxygen atoms in total. The van der Waals surface area contributed by atoms with Gasteiger partial charge in [-0.1, -0.05) is 12.8 Å². The number of unbranched alkanes of at least 4 members (excludes halogenated alkanes) is 1. The molecule has 2 N–H and O–H groups in total. The number of esters is 2. The number of ether oxygens (including phenoxy) is 4. The van der Waals surface area contributed by atoms with Crippen LogP contribution in [0.25, 0.3) is 0 Å². The Morgan fingerprint density at radius 2 is 1.70 bits per heavy atom. The predicted octanol–water partition coefficient (Wildman–Crippen LogP) is -0.183. The van der Waals surface area contributed by atoms with Crippen LogP contribution in [0.4, 0.5) is 0 Å². The minimum absolute atomic E-state index is 0.0860. The van der Waals surface area contributed by atoms with Gasteiger partial charge in [0.25, 0.3) is 0 Å². The third-order valence-corrected chi connectivity index (χ3v) is 4.67. The molecule has 0 saturated carbocycles. The van der Waals surface area contributed by atoms with Gasteiger partial charge in [-0.3, -0.25) is 24.2 Å². The second kappa shape index (κ2) is 14.7. The summed E-state index contributed by atoms with van der Waals surface area (Å²) in [4.78, 5) is 52.8. The molecule has 188 valence electrons. The first-order chi connectivity index (χ1) is 15.5. The van der Waals surface area contributed by atoms with E-state index >= 15 is 0 Å². The van der Waals surface area contributed by atoms with Crippen molar-refractivity contribution in [2.24, 2.45) is 4.99 Å². The smallest absolute Gasteiger partial charge is 0.303 e. The van der Waals surface area contributed by atoms with Crippen molar-refractivity contribution in [3.8, 4) is 0 Å². The Kier molecular flexibility index (Phi) is 12.8. The van der Waals surface area contributed by atoms with E-state index in [-0.39, 0.29) is 25.5 Å². The topological polar surface area (TPSA) is 145 Å². The number of hydrogen-bond donors (Lipinski definition) is 3. The van der Waals surface area contributed by atoms with Gasteiger partial charge in [-0.15, -0.1) is 0 Å². The maximum atomic E-state index is 11.9. The largest absolute Gasteiger partial charge is 0.456 e. The molecule has 1 aliphatic rings. The van der Waals surface area contributed by atoms with Gasteiger partial charge in [-0.05, 0) is 12.8 Å². The Bertz CT molecular complexity index is 706. The minimum atomic E-state index is -1.07. The van der Waals surface area contributed by atoms with E-state index in [9.17, 15) is 19.2 Å². The summed E-state index contributed by atoms with van der Waals surface area (Å²) in [5.74, 6) is -1.85. The van der Waals surface area contributed by atoms with Crippen LogP contribution in [0, 0.1) is 0 Å². The SMILES string of the molecule is CC(=O)NC1C(OCCCCC(=O)NS)OC(C/N=C/N(C)C)C(OC(C)=O)C1OC(C)=O. The van der Waals surface area contributed by atoms with Crippen molar-refractivity contribution in [2.45, 2.75) is 70.7 Å². The third-order valence-electron chi connectivity index (χ3n) is 4.42. The maximum absolute atomic E-state index is 11.9. The van der Waals surface area contributed by atoms with Gasteiger partial charge < -0.3 is 33.9 Å². The van der Waals surface area contributed by atoms with Gasteiger partial charge >= 0.3 is 11.9 Å². The number of carbonyl (C=O) groups excluding carboxylic acids is 4. The summed E-state index contributed by atoms with van der Waals surface area (Å²) in [6, 6.07) is -0.939. The van der Waals surface area contributed by atoms with Gasteiger partial charge in [0.2, 0.25) is 11.8 Å². The fraction of sp³-hybridized carbons (Fsp3) is 0.750. The highest BCUT2D eigenvalue weighted by molar-refractivity contribution is 7.78. The number of thiol groups is 1. The van der Waals surface area contributed by atoms with Crippen LogP contribution in [0.3, 0.4) is 0 Å². The molecule has 0 aromatic heterocycles. The highest BCUT2D eigenvalue weighted by atomic mass is 32.1. The molecular weight excluding hydrogens is 456 g/mol. The van der Waals surface area contributed by atoms with Gasteiger partial charge in [-0.2, -0.15) is 0 Å². The molecule has 1 rings (SSSR count). The number of nitrogens with zero attached hydrogens (tertiary/aromatic N) is 2. The predicted molar refractivity (Wildman–Crippen MR) is 121 cm³/mol. The highest BCUT2D eigenvalue weighted by Crippen LogP contribution is 2.28. The fourth-order valence-corrected chi connectivity index (χ4v) is 3.32. The average Bonchev–Trinajstić information content (AvgIpc) is 2.70. The van der Waals surface area contributed by atoms with Crippen molar-refractivity contribution < 1.29 is 38.1 Å². The molecule has 5 unspecified atom stereocenters. The zero-order chi connectivity index (χ0) is 25.0. The Labute approximate surface area is 199 Å². The monoisotopic (exact) mass is 490 g/mol. The standard InChI is InChI=1S/C20H34N4O8S/c1-12(25)22-17-19(31-14(3)27)18(30-13(2)26)15(10-21-11-24(4)5)32-20(17)29-9-7-6-8-16(28)23-33/h11,15,17-20,33H,6-10H2,1-5H3,(H,22,25)(H,23,28)/b21-11+. The van der Waals surface area contributed by atoms with E-state index < -0.39 is 48.5 Å². The van der Waals surface area contributed by atoms with E-state index in [1.54, 1.807) is 25.3 Å². The zero-order valence-corrected chi connectivity index (χ0v) is 20.5. The Morgan fingerprint density at radius 1 is 1.06 bits per heavy atom. The van der Waals surface area contributed by atoms with Gasteiger partial charge in [0.15, 0.2) is 18.5 Å². The van der Waals surface area contributed by atoms with E-state index in [0.29, 0.717) is 12.8 Å². The van der Waals surface area contributed by atoms with Gasteiger partial charge in [0.1, 0.15) is 12.1 Å². The molecular formula is C20H34N4O8S. The summed E-state index contributed by atoms with van der Waals surface area (Å²) in [5.41, 5.74) is 0. The molecule has 0 aromatic carbocycles. The number of rotatable bonds is 12. The second-order valence-electron chi connectivity index (χ2n) is 7.72. The maximum Gasteiger partial charge on any atom is 0.303 e. The zero-order valence-electron chi connectivity index (χ0n) is 19.6. The first-order valence-electron chi connectivity index (χ1n) is 10.5. The molecule has 0 radical (unpaired) electrons. The van der Waals surface area contributed by atoms with Crippen LogP contribution < -0.4 is 10.0 Å². The van der Waals surface area contributed by atoms with Crippen LogP contribution in [-0.4, -0.2) is 92.9 Å². The van der Waals surface area contributed by atoms with E-state index in [1.807, 2.05) is 0 Å². The quantitative estimate of drug-likeness (QED) is 0.111. The molecule has 0 aromatic rings. The lowest BCUT2D eigenvalue weighted by Crippen LogP contribution is -2.66. The summed E-state index contributed by atoms with van der Waals surface area (Å²) in [7, 11) is 3.59. The minimum Gasteiger partial charge on any atom is -0.456 e. The Morgan fingerprint density at radius 3 is 2.24 bits per heavy atom. The van der Waals surface area contributed by atoms with Crippen LogP contribution in [0.2, 0.25) is 0 Å². The second-order valence-corrected chi connectivity index (χ2v) is 7.95.